The highest BCUT2D eigenvalue weighted by molar-refractivity contribution is 6.05. The number of piperidine rings is 2. The van der Waals surface area contributed by atoms with E-state index >= 15 is 0 Å². The van der Waals surface area contributed by atoms with Gasteiger partial charge in [-0.25, -0.2) is 0 Å². The van der Waals surface area contributed by atoms with Crippen molar-refractivity contribution in [3.05, 3.63) is 81.9 Å². The van der Waals surface area contributed by atoms with E-state index < -0.39 is 6.04 Å². The van der Waals surface area contributed by atoms with E-state index in [-0.39, 0.29) is 36.5 Å². The standard InChI is InChI=1S/C37H40N6O6.H2/c1-39-20-30(42-12-4-5-29(42)36(39)47)24-15-31(48-2)27(32(16-24)49-3)19-40-13-10-37(11-14-40)21-41(22-37)25-7-6-23-18-43(35(46)26(23)17-25)28-8-9-33(44)38-34(28)45;/h4-7,12,15-17,20,28H,8-11,13-14,18-19,21-22H2,1-3H3,(H,38,44,45);1H. The average Bonchev–Trinajstić information content (AvgIpc) is 3.71. The smallest absolute Gasteiger partial charge is 0.274 e. The van der Waals surface area contributed by atoms with Crippen molar-refractivity contribution in [1.82, 2.24) is 24.1 Å². The molecule has 3 saturated heterocycles. The molecule has 4 aromatic rings. The third-order valence-corrected chi connectivity index (χ3v) is 11.0. The summed E-state index contributed by atoms with van der Waals surface area (Å²) in [7, 11) is 5.13. The normalized spacial score (nSPS) is 20.5. The van der Waals surface area contributed by atoms with Gasteiger partial charge in [0, 0.05) is 75.7 Å². The zero-order valence-electron chi connectivity index (χ0n) is 28.0. The van der Waals surface area contributed by atoms with Gasteiger partial charge < -0.3 is 28.2 Å². The molecule has 3 fully saturated rings. The lowest BCUT2D eigenvalue weighted by atomic mass is 9.71. The third kappa shape index (κ3) is 5.25. The van der Waals surface area contributed by atoms with E-state index in [1.165, 1.54) is 0 Å². The number of hydrogen-bond donors (Lipinski definition) is 1. The third-order valence-electron chi connectivity index (χ3n) is 11.0. The highest BCUT2D eigenvalue weighted by Gasteiger charge is 2.46. The summed E-state index contributed by atoms with van der Waals surface area (Å²) in [5, 5.41) is 2.37. The number of imide groups is 1. The fourth-order valence-electron chi connectivity index (χ4n) is 8.16. The topological polar surface area (TPSA) is 118 Å². The van der Waals surface area contributed by atoms with Crippen molar-refractivity contribution in [2.75, 3.05) is 45.3 Å². The van der Waals surface area contributed by atoms with Crippen LogP contribution in [0.5, 0.6) is 11.5 Å². The van der Waals surface area contributed by atoms with Crippen molar-refractivity contribution in [1.29, 1.82) is 0 Å². The summed E-state index contributed by atoms with van der Waals surface area (Å²) in [4.78, 5) is 56.4. The zero-order valence-corrected chi connectivity index (χ0v) is 28.0. The molecule has 0 radical (unpaired) electrons. The minimum atomic E-state index is -0.604. The highest BCUT2D eigenvalue weighted by atomic mass is 16.5. The largest absolute Gasteiger partial charge is 0.496 e. The van der Waals surface area contributed by atoms with E-state index in [1.807, 2.05) is 53.2 Å². The number of likely N-dealkylation sites (tertiary alicyclic amines) is 1. The fourth-order valence-corrected chi connectivity index (χ4v) is 8.16. The maximum atomic E-state index is 13.3. The Morgan fingerprint density at radius 3 is 2.41 bits per heavy atom. The lowest BCUT2D eigenvalue weighted by Crippen LogP contribution is -2.60. The molecule has 3 amide bonds. The SMILES string of the molecule is COc1cc(-c2cn(C)c(=O)c3cccn23)cc(OC)c1CN1CCC2(CC1)CN(c1ccc3c(c1)C(=O)N(C1CCC(=O)NC1=O)C3)C2.[HH]. The van der Waals surface area contributed by atoms with Gasteiger partial charge in [0.15, 0.2) is 0 Å². The lowest BCUT2D eigenvalue weighted by molar-refractivity contribution is -0.136. The molecule has 0 saturated carbocycles. The number of methoxy groups -OCH3 is 2. The first-order chi connectivity index (χ1) is 23.7. The minimum absolute atomic E-state index is 0. The molecule has 1 atom stereocenters. The summed E-state index contributed by atoms with van der Waals surface area (Å²) in [6.07, 6.45) is 6.49. The molecule has 4 aliphatic heterocycles. The maximum Gasteiger partial charge on any atom is 0.274 e. The van der Waals surface area contributed by atoms with Crippen LogP contribution < -0.4 is 25.2 Å². The summed E-state index contributed by atoms with van der Waals surface area (Å²) >= 11 is 0. The Morgan fingerprint density at radius 2 is 1.71 bits per heavy atom. The maximum absolute atomic E-state index is 13.3. The van der Waals surface area contributed by atoms with Crippen molar-refractivity contribution in [3.8, 4) is 22.8 Å². The Morgan fingerprint density at radius 1 is 0.980 bits per heavy atom. The molecule has 0 aliphatic carbocycles. The van der Waals surface area contributed by atoms with Gasteiger partial charge in [-0.2, -0.15) is 0 Å². The number of ether oxygens (including phenoxy) is 2. The van der Waals surface area contributed by atoms with Crippen molar-refractivity contribution in [2.24, 2.45) is 12.5 Å². The Balaban J connectivity index is 0.00000392. The summed E-state index contributed by atoms with van der Waals surface area (Å²) in [6.45, 7) is 4.89. The van der Waals surface area contributed by atoms with Crippen LogP contribution in [0, 0.1) is 5.41 Å². The van der Waals surface area contributed by atoms with E-state index in [4.69, 9.17) is 9.47 Å². The monoisotopic (exact) mass is 666 g/mol. The molecule has 256 valence electrons. The van der Waals surface area contributed by atoms with Crippen LogP contribution in [0.4, 0.5) is 5.69 Å². The molecule has 12 nitrogen and oxygen atoms in total. The Labute approximate surface area is 285 Å². The molecule has 8 rings (SSSR count). The second kappa shape index (κ2) is 11.8. The summed E-state index contributed by atoms with van der Waals surface area (Å²) in [5.41, 5.74) is 6.19. The number of aromatic nitrogens is 2. The number of benzene rings is 2. The summed E-state index contributed by atoms with van der Waals surface area (Å²) in [5.74, 6) is 0.696. The zero-order chi connectivity index (χ0) is 34.0. The molecule has 49 heavy (non-hydrogen) atoms. The molecule has 4 aliphatic rings. The minimum Gasteiger partial charge on any atom is -0.496 e. The number of carbonyl (C=O) groups excluding carboxylic acids is 3. The van der Waals surface area contributed by atoms with Crippen molar-refractivity contribution in [3.63, 3.8) is 0 Å². The molecular weight excluding hydrogens is 624 g/mol. The van der Waals surface area contributed by atoms with Gasteiger partial charge in [-0.1, -0.05) is 6.07 Å². The van der Waals surface area contributed by atoms with Crippen molar-refractivity contribution < 1.29 is 25.3 Å². The van der Waals surface area contributed by atoms with E-state index in [9.17, 15) is 19.2 Å². The van der Waals surface area contributed by atoms with Crippen LogP contribution in [0.2, 0.25) is 0 Å². The number of fused-ring (bicyclic) bond motifs is 2. The van der Waals surface area contributed by atoms with Gasteiger partial charge in [0.25, 0.3) is 11.5 Å². The first-order valence-electron chi connectivity index (χ1n) is 16.8. The summed E-state index contributed by atoms with van der Waals surface area (Å²) < 4.78 is 15.3. The van der Waals surface area contributed by atoms with Gasteiger partial charge in [-0.05, 0) is 74.3 Å². The first kappa shape index (κ1) is 31.2. The van der Waals surface area contributed by atoms with Crippen LogP contribution in [0.1, 0.15) is 48.6 Å². The number of anilines is 1. The predicted octanol–water partition coefficient (Wildman–Crippen LogP) is 3.43. The van der Waals surface area contributed by atoms with Crippen LogP contribution in [-0.2, 0) is 29.7 Å². The quantitative estimate of drug-likeness (QED) is 0.299. The van der Waals surface area contributed by atoms with Crippen LogP contribution in [-0.4, -0.2) is 82.9 Å². The van der Waals surface area contributed by atoms with Crippen LogP contribution in [0.25, 0.3) is 16.8 Å². The number of rotatable bonds is 7. The molecule has 12 heteroatoms. The van der Waals surface area contributed by atoms with Crippen LogP contribution in [0.15, 0.2) is 59.7 Å². The van der Waals surface area contributed by atoms with Gasteiger partial charge in [0.05, 0.1) is 25.5 Å². The summed E-state index contributed by atoms with van der Waals surface area (Å²) in [6, 6.07) is 13.2. The fraction of sp³-hybridized carbons (Fsp3) is 0.405. The first-order valence-corrected chi connectivity index (χ1v) is 16.8. The number of amides is 3. The van der Waals surface area contributed by atoms with Crippen molar-refractivity contribution in [2.45, 2.75) is 44.8 Å². The van der Waals surface area contributed by atoms with E-state index in [0.717, 1.165) is 78.6 Å². The Bertz CT molecular complexity index is 2050. The van der Waals surface area contributed by atoms with Crippen molar-refractivity contribution >= 4 is 28.9 Å². The number of carbonyl (C=O) groups is 3. The molecule has 2 aromatic carbocycles. The average molecular weight is 667 g/mol. The Hall–Kier alpha value is -5.10. The second-order valence-corrected chi connectivity index (χ2v) is 13.9. The molecule has 0 bridgehead atoms. The molecule has 1 unspecified atom stereocenters. The highest BCUT2D eigenvalue weighted by Crippen LogP contribution is 2.45. The van der Waals surface area contributed by atoms with E-state index in [0.29, 0.717) is 30.6 Å². The van der Waals surface area contributed by atoms with Gasteiger partial charge in [0.2, 0.25) is 11.8 Å². The lowest BCUT2D eigenvalue weighted by Gasteiger charge is -2.55. The molecular formula is C37H42N6O6. The van der Waals surface area contributed by atoms with Gasteiger partial charge >= 0.3 is 0 Å². The van der Waals surface area contributed by atoms with Crippen LogP contribution >= 0.6 is 0 Å². The van der Waals surface area contributed by atoms with Gasteiger partial charge in [0.1, 0.15) is 23.1 Å². The molecule has 2 aromatic heterocycles. The number of nitrogens with zero attached hydrogens (tertiary/aromatic N) is 5. The number of aryl methyl sites for hydroxylation is 1. The molecule has 1 spiro atoms. The molecule has 1 N–H and O–H groups in total. The Kier molecular flexibility index (Phi) is 7.51. The van der Waals surface area contributed by atoms with Gasteiger partial charge in [-0.15, -0.1) is 0 Å². The van der Waals surface area contributed by atoms with E-state index in [1.54, 1.807) is 30.7 Å². The van der Waals surface area contributed by atoms with Gasteiger partial charge in [-0.3, -0.25) is 29.4 Å². The number of nitrogens with one attached hydrogen (secondary N) is 1. The second-order valence-electron chi connectivity index (χ2n) is 13.9. The molecule has 6 heterocycles. The van der Waals surface area contributed by atoms with Crippen LogP contribution in [0.3, 0.4) is 0 Å². The van der Waals surface area contributed by atoms with E-state index in [2.05, 4.69) is 21.2 Å². The number of hydrogen-bond acceptors (Lipinski definition) is 8. The predicted molar refractivity (Wildman–Crippen MR) is 185 cm³/mol.